The van der Waals surface area contributed by atoms with Gasteiger partial charge >= 0.3 is 0 Å². The molecule has 0 aromatic heterocycles. The zero-order valence-electron chi connectivity index (χ0n) is 21.1. The summed E-state index contributed by atoms with van der Waals surface area (Å²) in [6.45, 7) is 3.53. The number of rotatable bonds is 7. The fourth-order valence-corrected chi connectivity index (χ4v) is 4.99. The summed E-state index contributed by atoms with van der Waals surface area (Å²) >= 11 is 0. The lowest BCUT2D eigenvalue weighted by Crippen LogP contribution is -2.26. The molecular weight excluding hydrogens is 464 g/mol. The van der Waals surface area contributed by atoms with Crippen LogP contribution in [0.5, 0.6) is 0 Å². The van der Waals surface area contributed by atoms with Gasteiger partial charge in [0.15, 0.2) is 0 Å². The van der Waals surface area contributed by atoms with Crippen LogP contribution in [0.15, 0.2) is 66.7 Å². The number of carbonyl (C=O) groups is 3. The number of likely N-dealkylation sites (N-methyl/N-ethyl adjacent to an activating group) is 1. The molecule has 0 radical (unpaired) electrons. The van der Waals surface area contributed by atoms with Gasteiger partial charge in [-0.05, 0) is 78.5 Å². The van der Waals surface area contributed by atoms with Crippen molar-refractivity contribution < 1.29 is 14.4 Å². The zero-order valence-corrected chi connectivity index (χ0v) is 21.1. The van der Waals surface area contributed by atoms with E-state index in [2.05, 4.69) is 34.7 Å². The topological polar surface area (TPSA) is 81.8 Å². The van der Waals surface area contributed by atoms with Gasteiger partial charge in [0.1, 0.15) is 0 Å². The standard InChI is InChI=1S/C30H32N4O3/c1-33-14-12-23-10-11-27(17-26(23)20-33)32-30(37)25-8-2-5-21(15-25)18-31-29(36)24-7-3-6-22(16-24)19-34-13-4-9-28(34)35/h2-3,5-8,10-11,15-17H,4,9,12-14,18-20H2,1H3,(H,31,36)(H,32,37). The highest BCUT2D eigenvalue weighted by molar-refractivity contribution is 6.04. The molecule has 0 saturated carbocycles. The summed E-state index contributed by atoms with van der Waals surface area (Å²) in [7, 11) is 2.10. The zero-order chi connectivity index (χ0) is 25.8. The predicted octanol–water partition coefficient (Wildman–Crippen LogP) is 3.98. The highest BCUT2D eigenvalue weighted by Crippen LogP contribution is 2.22. The molecule has 5 rings (SSSR count). The molecule has 0 unspecified atom stereocenters. The Bertz CT molecular complexity index is 1340. The van der Waals surface area contributed by atoms with E-state index in [0.29, 0.717) is 30.6 Å². The van der Waals surface area contributed by atoms with Gasteiger partial charge in [-0.25, -0.2) is 0 Å². The third-order valence-corrected chi connectivity index (χ3v) is 7.04. The average molecular weight is 497 g/mol. The highest BCUT2D eigenvalue weighted by Gasteiger charge is 2.20. The molecule has 7 nitrogen and oxygen atoms in total. The van der Waals surface area contributed by atoms with Crippen LogP contribution in [0.1, 0.15) is 55.8 Å². The van der Waals surface area contributed by atoms with Crippen LogP contribution >= 0.6 is 0 Å². The van der Waals surface area contributed by atoms with Crippen LogP contribution in [0.25, 0.3) is 0 Å². The minimum Gasteiger partial charge on any atom is -0.348 e. The second kappa shape index (κ2) is 11.0. The molecule has 7 heteroatoms. The Kier molecular flexibility index (Phi) is 7.32. The van der Waals surface area contributed by atoms with Gasteiger partial charge in [0, 0.05) is 56.0 Å². The van der Waals surface area contributed by atoms with Crippen molar-refractivity contribution in [3.8, 4) is 0 Å². The number of likely N-dealkylation sites (tertiary alicyclic amines) is 1. The molecule has 3 aromatic carbocycles. The van der Waals surface area contributed by atoms with Crippen molar-refractivity contribution in [1.82, 2.24) is 15.1 Å². The van der Waals surface area contributed by atoms with Crippen LogP contribution < -0.4 is 10.6 Å². The van der Waals surface area contributed by atoms with Gasteiger partial charge < -0.3 is 20.4 Å². The summed E-state index contributed by atoms with van der Waals surface area (Å²) in [5.41, 5.74) is 6.24. The number of carbonyl (C=O) groups excluding carboxylic acids is 3. The SMILES string of the molecule is CN1CCc2ccc(NC(=O)c3cccc(CNC(=O)c4cccc(CN5CCCC5=O)c4)c3)cc2C1. The quantitative estimate of drug-likeness (QED) is 0.519. The number of amides is 3. The molecule has 0 aliphatic carbocycles. The van der Waals surface area contributed by atoms with E-state index in [1.165, 1.54) is 11.1 Å². The monoisotopic (exact) mass is 496 g/mol. The number of anilines is 1. The van der Waals surface area contributed by atoms with Crippen LogP contribution in [-0.4, -0.2) is 47.7 Å². The fourth-order valence-electron chi connectivity index (χ4n) is 4.99. The van der Waals surface area contributed by atoms with Gasteiger partial charge in [0.05, 0.1) is 0 Å². The molecule has 1 saturated heterocycles. The molecule has 2 heterocycles. The second-order valence-electron chi connectivity index (χ2n) is 9.93. The number of benzene rings is 3. The molecule has 3 amide bonds. The van der Waals surface area contributed by atoms with Crippen molar-refractivity contribution in [1.29, 1.82) is 0 Å². The van der Waals surface area contributed by atoms with Crippen molar-refractivity contribution in [3.05, 3.63) is 100 Å². The van der Waals surface area contributed by atoms with E-state index in [0.717, 1.165) is 49.3 Å². The van der Waals surface area contributed by atoms with E-state index in [1.54, 1.807) is 18.2 Å². The summed E-state index contributed by atoms with van der Waals surface area (Å²) in [5.74, 6) is -0.206. The molecule has 190 valence electrons. The van der Waals surface area contributed by atoms with Crippen LogP contribution in [0.3, 0.4) is 0 Å². The van der Waals surface area contributed by atoms with E-state index in [-0.39, 0.29) is 17.7 Å². The summed E-state index contributed by atoms with van der Waals surface area (Å²) in [5, 5.41) is 5.95. The van der Waals surface area contributed by atoms with Crippen molar-refractivity contribution in [2.75, 3.05) is 25.5 Å². The number of nitrogens with one attached hydrogen (secondary N) is 2. The van der Waals surface area contributed by atoms with Crippen LogP contribution in [0.2, 0.25) is 0 Å². The normalized spacial score (nSPS) is 15.4. The van der Waals surface area contributed by atoms with Crippen LogP contribution in [-0.2, 0) is 30.8 Å². The maximum atomic E-state index is 12.9. The first-order valence-electron chi connectivity index (χ1n) is 12.8. The van der Waals surface area contributed by atoms with Crippen molar-refractivity contribution in [2.45, 2.75) is 38.9 Å². The Hall–Kier alpha value is -3.97. The van der Waals surface area contributed by atoms with Crippen LogP contribution in [0.4, 0.5) is 5.69 Å². The molecule has 0 atom stereocenters. The largest absolute Gasteiger partial charge is 0.348 e. The van der Waals surface area contributed by atoms with Crippen LogP contribution in [0, 0.1) is 0 Å². The Balaban J connectivity index is 1.19. The third-order valence-electron chi connectivity index (χ3n) is 7.04. The lowest BCUT2D eigenvalue weighted by atomic mass is 9.99. The fraction of sp³-hybridized carbons (Fsp3) is 0.300. The Morgan fingerprint density at radius 2 is 1.59 bits per heavy atom. The van der Waals surface area contributed by atoms with E-state index in [1.807, 2.05) is 41.3 Å². The molecule has 37 heavy (non-hydrogen) atoms. The maximum Gasteiger partial charge on any atom is 0.255 e. The van der Waals surface area contributed by atoms with Gasteiger partial charge in [-0.15, -0.1) is 0 Å². The molecule has 2 N–H and O–H groups in total. The lowest BCUT2D eigenvalue weighted by molar-refractivity contribution is -0.128. The summed E-state index contributed by atoms with van der Waals surface area (Å²) in [4.78, 5) is 41.7. The number of hydrogen-bond acceptors (Lipinski definition) is 4. The summed E-state index contributed by atoms with van der Waals surface area (Å²) in [6, 6.07) is 20.8. The third kappa shape index (κ3) is 6.06. The van der Waals surface area contributed by atoms with Gasteiger partial charge in [-0.1, -0.05) is 30.3 Å². The van der Waals surface area contributed by atoms with Gasteiger partial charge in [0.25, 0.3) is 11.8 Å². The van der Waals surface area contributed by atoms with Gasteiger partial charge in [-0.3, -0.25) is 14.4 Å². The highest BCUT2D eigenvalue weighted by atomic mass is 16.2. The first-order valence-corrected chi connectivity index (χ1v) is 12.8. The predicted molar refractivity (Wildman–Crippen MR) is 143 cm³/mol. The first-order chi connectivity index (χ1) is 17.9. The molecule has 2 aliphatic heterocycles. The van der Waals surface area contributed by atoms with E-state index >= 15 is 0 Å². The summed E-state index contributed by atoms with van der Waals surface area (Å²) < 4.78 is 0. The maximum absolute atomic E-state index is 12.9. The Morgan fingerprint density at radius 1 is 0.838 bits per heavy atom. The summed E-state index contributed by atoms with van der Waals surface area (Å²) in [6.07, 6.45) is 2.51. The molecule has 2 aliphatic rings. The smallest absolute Gasteiger partial charge is 0.255 e. The Labute approximate surface area is 217 Å². The van der Waals surface area contributed by atoms with E-state index in [4.69, 9.17) is 0 Å². The van der Waals surface area contributed by atoms with Crippen molar-refractivity contribution in [3.63, 3.8) is 0 Å². The number of fused-ring (bicyclic) bond motifs is 1. The molecule has 1 fully saturated rings. The molecule has 3 aromatic rings. The van der Waals surface area contributed by atoms with E-state index < -0.39 is 0 Å². The van der Waals surface area contributed by atoms with E-state index in [9.17, 15) is 14.4 Å². The second-order valence-corrected chi connectivity index (χ2v) is 9.93. The van der Waals surface area contributed by atoms with Gasteiger partial charge in [-0.2, -0.15) is 0 Å². The molecular formula is C30H32N4O3. The first kappa shape index (κ1) is 24.7. The number of nitrogens with zero attached hydrogens (tertiary/aromatic N) is 2. The minimum absolute atomic E-state index is 0.165. The van der Waals surface area contributed by atoms with Crippen molar-refractivity contribution in [2.24, 2.45) is 0 Å². The average Bonchev–Trinajstić information content (AvgIpc) is 3.31. The van der Waals surface area contributed by atoms with Gasteiger partial charge in [0.2, 0.25) is 5.91 Å². The molecule has 0 spiro atoms. The van der Waals surface area contributed by atoms with Crippen molar-refractivity contribution >= 4 is 23.4 Å². The molecule has 0 bridgehead atoms. The lowest BCUT2D eigenvalue weighted by Gasteiger charge is -2.25. The Morgan fingerprint density at radius 3 is 2.38 bits per heavy atom. The number of hydrogen-bond donors (Lipinski definition) is 2. The minimum atomic E-state index is -0.191.